The van der Waals surface area contributed by atoms with Crippen LogP contribution in [0.3, 0.4) is 0 Å². The molecule has 2 bridgehead atoms. The summed E-state index contributed by atoms with van der Waals surface area (Å²) in [6, 6.07) is 8.97. The highest BCUT2D eigenvalue weighted by atomic mass is 16.2. The van der Waals surface area contributed by atoms with Gasteiger partial charge in [-0.15, -0.1) is 0 Å². The zero-order valence-corrected chi connectivity index (χ0v) is 15.6. The largest absolute Gasteiger partial charge is 0.326 e. The Balaban J connectivity index is 1.39. The lowest BCUT2D eigenvalue weighted by atomic mass is 9.86. The molecule has 2 fully saturated rings. The molecule has 1 aromatic heterocycles. The highest BCUT2D eigenvalue weighted by Crippen LogP contribution is 2.49. The number of carbonyl (C=O) groups is 2. The number of carbonyl (C=O) groups excluding carboxylic acids is 2. The van der Waals surface area contributed by atoms with Crippen molar-refractivity contribution in [1.82, 2.24) is 4.98 Å². The Bertz CT molecular complexity index is 850. The van der Waals surface area contributed by atoms with Gasteiger partial charge >= 0.3 is 0 Å². The molecular formula is C22H25N3O2. The summed E-state index contributed by atoms with van der Waals surface area (Å²) < 4.78 is 0. The summed E-state index contributed by atoms with van der Waals surface area (Å²) in [5.41, 5.74) is 2.92. The number of rotatable bonds is 5. The third-order valence-electron chi connectivity index (χ3n) is 6.04. The summed E-state index contributed by atoms with van der Waals surface area (Å²) in [7, 11) is 0. The standard InChI is InChI=1S/C22H25N3O2/c1-14-2-5-19(13-20(14)25-22(27)16-6-8-23-9-7-16)24-21(26)12-18-11-15-3-4-17(18)10-15/h2,5-9,13,15,17-18H,3-4,10-12H2,1H3,(H,24,26)(H,25,27). The van der Waals surface area contributed by atoms with E-state index in [0.29, 0.717) is 23.6 Å². The number of hydrogen-bond acceptors (Lipinski definition) is 3. The van der Waals surface area contributed by atoms with Gasteiger partial charge in [-0.2, -0.15) is 0 Å². The highest BCUT2D eigenvalue weighted by Gasteiger charge is 2.40. The van der Waals surface area contributed by atoms with Crippen molar-refractivity contribution in [3.8, 4) is 0 Å². The third kappa shape index (κ3) is 4.02. The van der Waals surface area contributed by atoms with E-state index < -0.39 is 0 Å². The Morgan fingerprint density at radius 3 is 2.59 bits per heavy atom. The van der Waals surface area contributed by atoms with Crippen LogP contribution in [-0.2, 0) is 4.79 Å². The van der Waals surface area contributed by atoms with Crippen molar-refractivity contribution in [2.75, 3.05) is 10.6 Å². The average Bonchev–Trinajstić information content (AvgIpc) is 3.28. The zero-order valence-electron chi connectivity index (χ0n) is 15.6. The van der Waals surface area contributed by atoms with Crippen molar-refractivity contribution in [2.45, 2.75) is 39.0 Å². The maximum absolute atomic E-state index is 12.5. The van der Waals surface area contributed by atoms with Crippen molar-refractivity contribution >= 4 is 23.2 Å². The van der Waals surface area contributed by atoms with E-state index in [1.807, 2.05) is 25.1 Å². The molecule has 3 unspecified atom stereocenters. The Labute approximate surface area is 159 Å². The molecule has 1 aromatic carbocycles. The first-order chi connectivity index (χ1) is 13.1. The van der Waals surface area contributed by atoms with Crippen molar-refractivity contribution in [3.63, 3.8) is 0 Å². The molecule has 0 saturated heterocycles. The van der Waals surface area contributed by atoms with Gasteiger partial charge in [-0.05, 0) is 73.8 Å². The van der Waals surface area contributed by atoms with E-state index in [1.54, 1.807) is 24.5 Å². The van der Waals surface area contributed by atoms with Crippen LogP contribution >= 0.6 is 0 Å². The average molecular weight is 363 g/mol. The minimum atomic E-state index is -0.189. The molecule has 3 atom stereocenters. The fraction of sp³-hybridized carbons (Fsp3) is 0.409. The molecule has 5 nitrogen and oxygen atoms in total. The second kappa shape index (κ2) is 7.51. The maximum atomic E-state index is 12.5. The predicted octanol–water partition coefficient (Wildman–Crippen LogP) is 4.41. The topological polar surface area (TPSA) is 71.1 Å². The lowest BCUT2D eigenvalue weighted by Gasteiger charge is -2.21. The second-order valence-electron chi connectivity index (χ2n) is 7.91. The Kier molecular flexibility index (Phi) is 4.92. The molecule has 2 N–H and O–H groups in total. The van der Waals surface area contributed by atoms with Crippen LogP contribution in [-0.4, -0.2) is 16.8 Å². The van der Waals surface area contributed by atoms with Gasteiger partial charge in [0.05, 0.1) is 0 Å². The molecular weight excluding hydrogens is 338 g/mol. The van der Waals surface area contributed by atoms with Crippen LogP contribution in [0.5, 0.6) is 0 Å². The monoisotopic (exact) mass is 363 g/mol. The number of hydrogen-bond donors (Lipinski definition) is 2. The quantitative estimate of drug-likeness (QED) is 0.827. The van der Waals surface area contributed by atoms with Crippen LogP contribution in [0.15, 0.2) is 42.7 Å². The fourth-order valence-electron chi connectivity index (χ4n) is 4.61. The van der Waals surface area contributed by atoms with Crippen LogP contribution < -0.4 is 10.6 Å². The van der Waals surface area contributed by atoms with Crippen molar-refractivity contribution < 1.29 is 9.59 Å². The lowest BCUT2D eigenvalue weighted by Crippen LogP contribution is -2.20. The normalized spacial score (nSPS) is 23.2. The van der Waals surface area contributed by atoms with Crippen LogP contribution in [0.25, 0.3) is 0 Å². The fourth-order valence-corrected chi connectivity index (χ4v) is 4.61. The van der Waals surface area contributed by atoms with Crippen LogP contribution in [0.1, 0.15) is 48.0 Å². The number of nitrogens with one attached hydrogen (secondary N) is 2. The molecule has 1 heterocycles. The molecule has 0 aliphatic heterocycles. The van der Waals surface area contributed by atoms with E-state index in [0.717, 1.165) is 23.1 Å². The number of pyridine rings is 1. The molecule has 0 radical (unpaired) electrons. The van der Waals surface area contributed by atoms with E-state index in [9.17, 15) is 9.59 Å². The van der Waals surface area contributed by atoms with Crippen LogP contribution in [0.4, 0.5) is 11.4 Å². The molecule has 2 aromatic rings. The molecule has 5 heteroatoms. The smallest absolute Gasteiger partial charge is 0.255 e. The molecule has 140 valence electrons. The van der Waals surface area contributed by atoms with E-state index in [1.165, 1.54) is 25.7 Å². The number of aromatic nitrogens is 1. The molecule has 2 aliphatic carbocycles. The summed E-state index contributed by atoms with van der Waals surface area (Å²) in [5, 5.41) is 5.93. The Morgan fingerprint density at radius 2 is 1.89 bits per heavy atom. The van der Waals surface area contributed by atoms with Crippen LogP contribution in [0.2, 0.25) is 0 Å². The lowest BCUT2D eigenvalue weighted by molar-refractivity contribution is -0.117. The number of amides is 2. The number of anilines is 2. The van der Waals surface area contributed by atoms with Gasteiger partial charge in [-0.1, -0.05) is 12.5 Å². The SMILES string of the molecule is Cc1ccc(NC(=O)CC2CC3CCC2C3)cc1NC(=O)c1ccncc1. The van der Waals surface area contributed by atoms with Crippen molar-refractivity contribution in [2.24, 2.45) is 17.8 Å². The highest BCUT2D eigenvalue weighted by molar-refractivity contribution is 6.05. The second-order valence-corrected chi connectivity index (χ2v) is 7.91. The first kappa shape index (κ1) is 17.7. The van der Waals surface area contributed by atoms with E-state index in [4.69, 9.17) is 0 Å². The summed E-state index contributed by atoms with van der Waals surface area (Å²) in [5.74, 6) is 2.02. The number of nitrogens with zero attached hydrogens (tertiary/aromatic N) is 1. The molecule has 0 spiro atoms. The van der Waals surface area contributed by atoms with Crippen LogP contribution in [0, 0.1) is 24.7 Å². The molecule has 2 aliphatic rings. The minimum absolute atomic E-state index is 0.0720. The number of fused-ring (bicyclic) bond motifs is 2. The summed E-state index contributed by atoms with van der Waals surface area (Å²) in [4.78, 5) is 28.8. The van der Waals surface area contributed by atoms with Gasteiger partial charge in [0.2, 0.25) is 5.91 Å². The summed E-state index contributed by atoms with van der Waals surface area (Å²) >= 11 is 0. The van der Waals surface area contributed by atoms with E-state index in [-0.39, 0.29) is 11.8 Å². The first-order valence-corrected chi connectivity index (χ1v) is 9.70. The van der Waals surface area contributed by atoms with Gasteiger partial charge in [-0.3, -0.25) is 14.6 Å². The van der Waals surface area contributed by atoms with E-state index in [2.05, 4.69) is 15.6 Å². The van der Waals surface area contributed by atoms with Gasteiger partial charge in [0, 0.05) is 35.8 Å². The summed E-state index contributed by atoms with van der Waals surface area (Å²) in [6.07, 6.45) is 8.95. The Hall–Kier alpha value is -2.69. The molecule has 4 rings (SSSR count). The first-order valence-electron chi connectivity index (χ1n) is 9.70. The Morgan fingerprint density at radius 1 is 1.07 bits per heavy atom. The molecule has 2 saturated carbocycles. The van der Waals surface area contributed by atoms with Gasteiger partial charge in [-0.25, -0.2) is 0 Å². The zero-order chi connectivity index (χ0) is 18.8. The maximum Gasteiger partial charge on any atom is 0.255 e. The van der Waals surface area contributed by atoms with Crippen molar-refractivity contribution in [3.05, 3.63) is 53.9 Å². The molecule has 27 heavy (non-hydrogen) atoms. The molecule has 2 amide bonds. The number of aryl methyl sites for hydroxylation is 1. The van der Waals surface area contributed by atoms with Gasteiger partial charge in [0.15, 0.2) is 0 Å². The predicted molar refractivity (Wildman–Crippen MR) is 106 cm³/mol. The van der Waals surface area contributed by atoms with Gasteiger partial charge in [0.25, 0.3) is 5.91 Å². The third-order valence-corrected chi connectivity index (χ3v) is 6.04. The van der Waals surface area contributed by atoms with Gasteiger partial charge in [0.1, 0.15) is 0 Å². The van der Waals surface area contributed by atoms with E-state index >= 15 is 0 Å². The summed E-state index contributed by atoms with van der Waals surface area (Å²) in [6.45, 7) is 1.93. The minimum Gasteiger partial charge on any atom is -0.326 e. The van der Waals surface area contributed by atoms with Gasteiger partial charge < -0.3 is 10.6 Å². The van der Waals surface area contributed by atoms with Crippen molar-refractivity contribution in [1.29, 1.82) is 0 Å². The number of benzene rings is 1.